The minimum absolute atomic E-state index is 0.155. The maximum Gasteiger partial charge on any atom is 0.117 e. The molecule has 0 aliphatic rings. The van der Waals surface area contributed by atoms with E-state index in [1.54, 1.807) is 22.7 Å². The summed E-state index contributed by atoms with van der Waals surface area (Å²) in [7, 11) is 0. The summed E-state index contributed by atoms with van der Waals surface area (Å²) in [6, 6.07) is 0.155. The van der Waals surface area contributed by atoms with Crippen molar-refractivity contribution in [2.24, 2.45) is 0 Å². The Morgan fingerprint density at radius 3 is 1.94 bits per heavy atom. The van der Waals surface area contributed by atoms with E-state index in [1.165, 1.54) is 0 Å². The Kier molecular flexibility index (Phi) is 3.68. The van der Waals surface area contributed by atoms with Crippen molar-refractivity contribution in [3.8, 4) is 0 Å². The fourth-order valence-electron chi connectivity index (χ4n) is 1.49. The third kappa shape index (κ3) is 2.48. The molecule has 0 fully saturated rings. The van der Waals surface area contributed by atoms with Crippen LogP contribution >= 0.6 is 22.7 Å². The molecule has 0 unspecified atom stereocenters. The standard InChI is InChI=1S/C11H15N3S2/c1-4-12-9(10-13-7(2)5-15-10)11-14-8(3)6-16-11/h5-6,9,12H,4H2,1-3H3. The first-order valence-corrected chi connectivity index (χ1v) is 7.04. The van der Waals surface area contributed by atoms with Gasteiger partial charge in [0.05, 0.1) is 0 Å². The maximum atomic E-state index is 4.54. The fourth-order valence-corrected chi connectivity index (χ4v) is 3.31. The van der Waals surface area contributed by atoms with Gasteiger partial charge in [0, 0.05) is 22.1 Å². The molecule has 5 heteroatoms. The van der Waals surface area contributed by atoms with Crippen molar-refractivity contribution in [3.63, 3.8) is 0 Å². The molecule has 2 aromatic heterocycles. The summed E-state index contributed by atoms with van der Waals surface area (Å²) in [6.07, 6.45) is 0. The lowest BCUT2D eigenvalue weighted by Gasteiger charge is -2.11. The van der Waals surface area contributed by atoms with Crippen LogP contribution in [0.3, 0.4) is 0 Å². The number of nitrogens with zero attached hydrogens (tertiary/aromatic N) is 2. The van der Waals surface area contributed by atoms with E-state index >= 15 is 0 Å². The minimum Gasteiger partial charge on any atom is -0.303 e. The number of hydrogen-bond donors (Lipinski definition) is 1. The van der Waals surface area contributed by atoms with Gasteiger partial charge < -0.3 is 5.32 Å². The highest BCUT2D eigenvalue weighted by Crippen LogP contribution is 2.27. The highest BCUT2D eigenvalue weighted by atomic mass is 32.1. The monoisotopic (exact) mass is 253 g/mol. The number of nitrogens with one attached hydrogen (secondary N) is 1. The van der Waals surface area contributed by atoms with E-state index in [-0.39, 0.29) is 6.04 Å². The van der Waals surface area contributed by atoms with Crippen LogP contribution in [0.5, 0.6) is 0 Å². The molecule has 0 radical (unpaired) electrons. The molecule has 0 spiro atoms. The van der Waals surface area contributed by atoms with Gasteiger partial charge in [0.25, 0.3) is 0 Å². The van der Waals surface area contributed by atoms with Gasteiger partial charge in [0.15, 0.2) is 0 Å². The van der Waals surface area contributed by atoms with Crippen LogP contribution in [0, 0.1) is 13.8 Å². The zero-order valence-electron chi connectivity index (χ0n) is 9.65. The fraction of sp³-hybridized carbons (Fsp3) is 0.455. The Labute approximate surface area is 104 Å². The maximum absolute atomic E-state index is 4.54. The number of aromatic nitrogens is 2. The predicted octanol–water partition coefficient (Wildman–Crippen LogP) is 2.92. The molecule has 0 amide bonds. The Balaban J connectivity index is 2.30. The van der Waals surface area contributed by atoms with E-state index in [2.05, 4.69) is 33.0 Å². The lowest BCUT2D eigenvalue weighted by atomic mass is 10.3. The van der Waals surface area contributed by atoms with Crippen molar-refractivity contribution >= 4 is 22.7 Å². The minimum atomic E-state index is 0.155. The molecule has 2 rings (SSSR count). The second-order valence-electron chi connectivity index (χ2n) is 3.64. The zero-order valence-corrected chi connectivity index (χ0v) is 11.3. The normalized spacial score (nSPS) is 11.2. The SMILES string of the molecule is CCNC(c1nc(C)cs1)c1nc(C)cs1. The van der Waals surface area contributed by atoms with Gasteiger partial charge in [-0.05, 0) is 20.4 Å². The van der Waals surface area contributed by atoms with Gasteiger partial charge in [0.2, 0.25) is 0 Å². The molecular formula is C11H15N3S2. The van der Waals surface area contributed by atoms with Crippen molar-refractivity contribution in [2.45, 2.75) is 26.8 Å². The van der Waals surface area contributed by atoms with E-state index in [4.69, 9.17) is 0 Å². The molecule has 2 heterocycles. The number of thiazole rings is 2. The van der Waals surface area contributed by atoms with Gasteiger partial charge in [-0.3, -0.25) is 0 Å². The van der Waals surface area contributed by atoms with Crippen molar-refractivity contribution in [1.29, 1.82) is 0 Å². The molecule has 0 aliphatic carbocycles. The molecule has 0 atom stereocenters. The summed E-state index contributed by atoms with van der Waals surface area (Å²) in [5.41, 5.74) is 2.16. The third-order valence-corrected chi connectivity index (χ3v) is 4.23. The zero-order chi connectivity index (χ0) is 11.5. The van der Waals surface area contributed by atoms with Gasteiger partial charge in [0.1, 0.15) is 16.1 Å². The molecule has 0 saturated heterocycles. The summed E-state index contributed by atoms with van der Waals surface area (Å²) in [6.45, 7) is 7.07. The second-order valence-corrected chi connectivity index (χ2v) is 5.42. The Morgan fingerprint density at radius 2 is 1.62 bits per heavy atom. The number of aryl methyl sites for hydroxylation is 2. The van der Waals surface area contributed by atoms with E-state index in [0.717, 1.165) is 27.9 Å². The third-order valence-electron chi connectivity index (χ3n) is 2.18. The van der Waals surface area contributed by atoms with Crippen LogP contribution in [0.4, 0.5) is 0 Å². The topological polar surface area (TPSA) is 37.8 Å². The highest BCUT2D eigenvalue weighted by molar-refractivity contribution is 7.11. The largest absolute Gasteiger partial charge is 0.303 e. The first-order valence-electron chi connectivity index (χ1n) is 5.28. The number of rotatable bonds is 4. The summed E-state index contributed by atoms with van der Waals surface area (Å²) in [5, 5.41) is 9.82. The second kappa shape index (κ2) is 5.03. The summed E-state index contributed by atoms with van der Waals surface area (Å²) < 4.78 is 0. The van der Waals surface area contributed by atoms with E-state index < -0.39 is 0 Å². The molecule has 86 valence electrons. The molecule has 0 saturated carbocycles. The molecule has 0 bridgehead atoms. The van der Waals surface area contributed by atoms with E-state index in [9.17, 15) is 0 Å². The van der Waals surface area contributed by atoms with Crippen molar-refractivity contribution < 1.29 is 0 Å². The van der Waals surface area contributed by atoms with Crippen molar-refractivity contribution in [3.05, 3.63) is 32.2 Å². The van der Waals surface area contributed by atoms with Gasteiger partial charge in [-0.1, -0.05) is 6.92 Å². The van der Waals surface area contributed by atoms with Crippen LogP contribution in [0.1, 0.15) is 34.4 Å². The van der Waals surface area contributed by atoms with Crippen LogP contribution < -0.4 is 5.32 Å². The molecule has 16 heavy (non-hydrogen) atoms. The number of hydrogen-bond acceptors (Lipinski definition) is 5. The molecule has 2 aromatic rings. The Hall–Kier alpha value is -0.780. The lowest BCUT2D eigenvalue weighted by Crippen LogP contribution is -2.21. The van der Waals surface area contributed by atoms with Crippen LogP contribution in [0.15, 0.2) is 10.8 Å². The van der Waals surface area contributed by atoms with E-state index in [1.807, 2.05) is 13.8 Å². The average Bonchev–Trinajstić information content (AvgIpc) is 2.84. The first-order chi connectivity index (χ1) is 7.70. The van der Waals surface area contributed by atoms with Crippen LogP contribution in [-0.4, -0.2) is 16.5 Å². The summed E-state index contributed by atoms with van der Waals surface area (Å²) in [5.74, 6) is 0. The summed E-state index contributed by atoms with van der Waals surface area (Å²) >= 11 is 3.39. The quantitative estimate of drug-likeness (QED) is 0.910. The molecule has 0 aliphatic heterocycles. The van der Waals surface area contributed by atoms with Crippen LogP contribution in [0.2, 0.25) is 0 Å². The van der Waals surface area contributed by atoms with Gasteiger partial charge in [-0.15, -0.1) is 22.7 Å². The molecule has 0 aromatic carbocycles. The van der Waals surface area contributed by atoms with Crippen LogP contribution in [-0.2, 0) is 0 Å². The summed E-state index contributed by atoms with van der Waals surface area (Å²) in [4.78, 5) is 9.08. The predicted molar refractivity (Wildman–Crippen MR) is 69.2 cm³/mol. The van der Waals surface area contributed by atoms with Crippen molar-refractivity contribution in [2.75, 3.05) is 6.54 Å². The van der Waals surface area contributed by atoms with Gasteiger partial charge in [-0.2, -0.15) is 0 Å². The van der Waals surface area contributed by atoms with Crippen LogP contribution in [0.25, 0.3) is 0 Å². The van der Waals surface area contributed by atoms with E-state index in [0.29, 0.717) is 0 Å². The highest BCUT2D eigenvalue weighted by Gasteiger charge is 2.19. The smallest absolute Gasteiger partial charge is 0.117 e. The molecular weight excluding hydrogens is 238 g/mol. The lowest BCUT2D eigenvalue weighted by molar-refractivity contribution is 0.621. The Bertz CT molecular complexity index is 421. The first kappa shape index (κ1) is 11.7. The van der Waals surface area contributed by atoms with Crippen molar-refractivity contribution in [1.82, 2.24) is 15.3 Å². The van der Waals surface area contributed by atoms with Gasteiger partial charge in [-0.25, -0.2) is 9.97 Å². The molecule has 1 N–H and O–H groups in total. The Morgan fingerprint density at radius 1 is 1.12 bits per heavy atom. The van der Waals surface area contributed by atoms with Gasteiger partial charge >= 0.3 is 0 Å². The average molecular weight is 253 g/mol. The molecule has 3 nitrogen and oxygen atoms in total.